The molecule has 1 amide bonds. The number of carbonyl (C=O) groups is 1. The minimum absolute atomic E-state index is 0.0222. The summed E-state index contributed by atoms with van der Waals surface area (Å²) in [6.07, 6.45) is 2.29. The van der Waals surface area contributed by atoms with E-state index < -0.39 is 15.9 Å². The molecule has 0 spiro atoms. The number of methoxy groups -OCH3 is 1. The lowest BCUT2D eigenvalue weighted by Crippen LogP contribution is -2.15. The van der Waals surface area contributed by atoms with Crippen molar-refractivity contribution in [2.75, 3.05) is 12.4 Å². The largest absolute Gasteiger partial charge is 0.495 e. The normalized spacial score (nSPS) is 13.4. The van der Waals surface area contributed by atoms with E-state index in [4.69, 9.17) is 14.6 Å². The van der Waals surface area contributed by atoms with E-state index in [1.54, 1.807) is 18.2 Å². The summed E-state index contributed by atoms with van der Waals surface area (Å²) in [7, 11) is -2.65. The van der Waals surface area contributed by atoms with E-state index in [-0.39, 0.29) is 23.4 Å². The molecule has 3 aromatic rings. The smallest absolute Gasteiger partial charge is 0.255 e. The third kappa shape index (κ3) is 5.16. The summed E-state index contributed by atoms with van der Waals surface area (Å²) in [6, 6.07) is 16.7. The Hall–Kier alpha value is -3.40. The lowest BCUT2D eigenvalue weighted by Gasteiger charge is -2.15. The predicted molar refractivity (Wildman–Crippen MR) is 124 cm³/mol. The molecule has 0 heterocycles. The number of hydrogen-bond donors (Lipinski definition) is 3. The molecule has 1 saturated carbocycles. The number of hydrogen-bond acceptors (Lipinski definition) is 6. The van der Waals surface area contributed by atoms with Gasteiger partial charge in [0.15, 0.2) is 0 Å². The lowest BCUT2D eigenvalue weighted by atomic mass is 9.97. The number of aliphatic hydroxyl groups excluding tert-OH is 1. The number of nitrogens with one attached hydrogen (secondary N) is 1. The maximum Gasteiger partial charge on any atom is 0.255 e. The number of aliphatic hydroxyl groups is 1. The molecular formula is C24H24N2O6S. The summed E-state index contributed by atoms with van der Waals surface area (Å²) >= 11 is 0. The van der Waals surface area contributed by atoms with Crippen molar-refractivity contribution in [3.05, 3.63) is 71.8 Å². The van der Waals surface area contributed by atoms with Crippen LogP contribution in [0.3, 0.4) is 0 Å². The van der Waals surface area contributed by atoms with Gasteiger partial charge in [-0.05, 0) is 54.3 Å². The Balaban J connectivity index is 1.60. The number of ether oxygens (including phenoxy) is 2. The molecular weight excluding hydrogens is 444 g/mol. The van der Waals surface area contributed by atoms with E-state index >= 15 is 0 Å². The standard InChI is InChI=1S/C24H24N2O6S/c1-31-22-13-17(7-11-23(22)33(25,29)30)26-24(28)15-6-10-19(16(12-15)14-27)20-4-2-3-5-21(20)32-18-8-9-18/h2-7,10-13,18,27H,8-9,14H2,1H3,(H,26,28)(H2,25,29,30). The van der Waals surface area contributed by atoms with Crippen LogP contribution in [0.1, 0.15) is 28.8 Å². The average Bonchev–Trinajstić information content (AvgIpc) is 3.62. The monoisotopic (exact) mass is 468 g/mol. The molecule has 33 heavy (non-hydrogen) atoms. The Morgan fingerprint density at radius 1 is 1.06 bits per heavy atom. The van der Waals surface area contributed by atoms with Crippen molar-refractivity contribution >= 4 is 21.6 Å². The highest BCUT2D eigenvalue weighted by molar-refractivity contribution is 7.89. The average molecular weight is 469 g/mol. The minimum Gasteiger partial charge on any atom is -0.495 e. The van der Waals surface area contributed by atoms with Crippen LogP contribution < -0.4 is 19.9 Å². The molecule has 0 radical (unpaired) electrons. The molecule has 0 aromatic heterocycles. The lowest BCUT2D eigenvalue weighted by molar-refractivity contribution is 0.102. The molecule has 0 atom stereocenters. The highest BCUT2D eigenvalue weighted by Crippen LogP contribution is 2.36. The Kier molecular flexibility index (Phi) is 6.37. The number of nitrogens with two attached hydrogens (primary N) is 1. The number of anilines is 1. The van der Waals surface area contributed by atoms with Crippen molar-refractivity contribution in [3.63, 3.8) is 0 Å². The van der Waals surface area contributed by atoms with Crippen LogP contribution in [0.15, 0.2) is 65.6 Å². The molecule has 1 fully saturated rings. The fraction of sp³-hybridized carbons (Fsp3) is 0.208. The van der Waals surface area contributed by atoms with Gasteiger partial charge in [0.05, 0.1) is 19.8 Å². The van der Waals surface area contributed by atoms with Crippen molar-refractivity contribution in [2.24, 2.45) is 5.14 Å². The molecule has 172 valence electrons. The predicted octanol–water partition coefficient (Wildman–Crippen LogP) is 3.30. The zero-order chi connectivity index (χ0) is 23.6. The van der Waals surface area contributed by atoms with Gasteiger partial charge in [0.1, 0.15) is 16.4 Å². The van der Waals surface area contributed by atoms with Crippen molar-refractivity contribution in [3.8, 4) is 22.6 Å². The van der Waals surface area contributed by atoms with Crippen LogP contribution in [0, 0.1) is 0 Å². The van der Waals surface area contributed by atoms with Gasteiger partial charge in [0, 0.05) is 22.9 Å². The fourth-order valence-corrected chi connectivity index (χ4v) is 4.15. The Bertz CT molecular complexity index is 1300. The number of carbonyl (C=O) groups excluding carboxylic acids is 1. The number of rotatable bonds is 8. The topological polar surface area (TPSA) is 128 Å². The zero-order valence-corrected chi connectivity index (χ0v) is 18.8. The second kappa shape index (κ2) is 9.22. The van der Waals surface area contributed by atoms with Gasteiger partial charge >= 0.3 is 0 Å². The SMILES string of the molecule is COc1cc(NC(=O)c2ccc(-c3ccccc3OC3CC3)c(CO)c2)ccc1S(N)(=O)=O. The molecule has 1 aliphatic carbocycles. The van der Waals surface area contributed by atoms with Gasteiger partial charge in [0.25, 0.3) is 5.91 Å². The molecule has 3 aromatic carbocycles. The van der Waals surface area contributed by atoms with Gasteiger partial charge < -0.3 is 19.9 Å². The van der Waals surface area contributed by atoms with Crippen molar-refractivity contribution in [1.82, 2.24) is 0 Å². The third-order valence-corrected chi connectivity index (χ3v) is 6.21. The van der Waals surface area contributed by atoms with E-state index in [0.29, 0.717) is 16.8 Å². The summed E-state index contributed by atoms with van der Waals surface area (Å²) in [4.78, 5) is 12.7. The van der Waals surface area contributed by atoms with Crippen LogP contribution in [-0.2, 0) is 16.6 Å². The molecule has 0 bridgehead atoms. The molecule has 9 heteroatoms. The Morgan fingerprint density at radius 2 is 1.82 bits per heavy atom. The van der Waals surface area contributed by atoms with Crippen LogP contribution in [0.25, 0.3) is 11.1 Å². The Labute approximate surface area is 192 Å². The quantitative estimate of drug-likeness (QED) is 0.465. The van der Waals surface area contributed by atoms with Crippen molar-refractivity contribution in [1.29, 1.82) is 0 Å². The molecule has 1 aliphatic rings. The van der Waals surface area contributed by atoms with E-state index in [0.717, 1.165) is 29.7 Å². The van der Waals surface area contributed by atoms with Gasteiger partial charge in [-0.25, -0.2) is 13.6 Å². The number of sulfonamides is 1. The first-order valence-corrected chi connectivity index (χ1v) is 11.9. The highest BCUT2D eigenvalue weighted by Gasteiger charge is 2.25. The first-order valence-electron chi connectivity index (χ1n) is 10.3. The summed E-state index contributed by atoms with van der Waals surface area (Å²) in [5.74, 6) is 0.340. The summed E-state index contributed by atoms with van der Waals surface area (Å²) in [6.45, 7) is -0.259. The van der Waals surface area contributed by atoms with Crippen LogP contribution in [0.5, 0.6) is 11.5 Å². The van der Waals surface area contributed by atoms with Gasteiger partial charge in [-0.2, -0.15) is 0 Å². The summed E-state index contributed by atoms with van der Waals surface area (Å²) in [5.41, 5.74) is 2.88. The maximum atomic E-state index is 12.8. The van der Waals surface area contributed by atoms with Crippen molar-refractivity contribution in [2.45, 2.75) is 30.4 Å². The van der Waals surface area contributed by atoms with Crippen LogP contribution >= 0.6 is 0 Å². The number of para-hydroxylation sites is 1. The van der Waals surface area contributed by atoms with E-state index in [1.807, 2.05) is 24.3 Å². The van der Waals surface area contributed by atoms with Gasteiger partial charge in [-0.1, -0.05) is 24.3 Å². The second-order valence-electron chi connectivity index (χ2n) is 7.71. The van der Waals surface area contributed by atoms with E-state index in [9.17, 15) is 18.3 Å². The summed E-state index contributed by atoms with van der Waals surface area (Å²) < 4.78 is 34.4. The van der Waals surface area contributed by atoms with Crippen LogP contribution in [-0.4, -0.2) is 32.6 Å². The molecule has 0 aliphatic heterocycles. The van der Waals surface area contributed by atoms with Crippen molar-refractivity contribution < 1.29 is 27.8 Å². The summed E-state index contributed by atoms with van der Waals surface area (Å²) in [5, 5.41) is 17.9. The number of amides is 1. The van der Waals surface area contributed by atoms with Gasteiger partial charge in [0.2, 0.25) is 10.0 Å². The van der Waals surface area contributed by atoms with Crippen LogP contribution in [0.4, 0.5) is 5.69 Å². The van der Waals surface area contributed by atoms with Gasteiger partial charge in [-0.15, -0.1) is 0 Å². The number of primary sulfonamides is 1. The van der Waals surface area contributed by atoms with E-state index in [2.05, 4.69) is 5.32 Å². The third-order valence-electron chi connectivity index (χ3n) is 5.26. The maximum absolute atomic E-state index is 12.8. The molecule has 8 nitrogen and oxygen atoms in total. The zero-order valence-electron chi connectivity index (χ0n) is 17.9. The van der Waals surface area contributed by atoms with Crippen LogP contribution in [0.2, 0.25) is 0 Å². The number of benzene rings is 3. The first-order chi connectivity index (χ1) is 15.8. The molecule has 0 unspecified atom stereocenters. The first kappa shape index (κ1) is 22.8. The fourth-order valence-electron chi connectivity index (χ4n) is 3.47. The van der Waals surface area contributed by atoms with Gasteiger partial charge in [-0.3, -0.25) is 4.79 Å². The molecule has 4 N–H and O–H groups in total. The second-order valence-corrected chi connectivity index (χ2v) is 9.24. The minimum atomic E-state index is -3.97. The molecule has 4 rings (SSSR count). The van der Waals surface area contributed by atoms with E-state index in [1.165, 1.54) is 25.3 Å². The highest BCUT2D eigenvalue weighted by atomic mass is 32.2. The molecule has 0 saturated heterocycles. The Morgan fingerprint density at radius 3 is 2.48 bits per heavy atom.